The molecule has 0 saturated carbocycles. The topological polar surface area (TPSA) is 40.5 Å². The highest BCUT2D eigenvalue weighted by atomic mass is 16.3. The first-order valence-electron chi connectivity index (χ1n) is 6.40. The van der Waals surface area contributed by atoms with Crippen molar-refractivity contribution in [2.24, 2.45) is 0 Å². The molecule has 0 fully saturated rings. The number of aromatic hydroxyl groups is 2. The molecule has 0 aliphatic carbocycles. The molecule has 0 atom stereocenters. The number of hydrogen-bond acceptors (Lipinski definition) is 2. The smallest absolute Gasteiger partial charge is 0.130 e. The molecule has 0 radical (unpaired) electrons. The van der Waals surface area contributed by atoms with Crippen LogP contribution in [0, 0.1) is 0 Å². The second-order valence-corrected chi connectivity index (χ2v) is 5.45. The summed E-state index contributed by atoms with van der Waals surface area (Å²) in [4.78, 5) is 0. The molecule has 2 nitrogen and oxygen atoms in total. The minimum atomic E-state index is 0.0945. The van der Waals surface area contributed by atoms with Crippen molar-refractivity contribution in [1.29, 1.82) is 0 Å². The summed E-state index contributed by atoms with van der Waals surface area (Å²) in [5.74, 6) is 0.900. The molecule has 2 aromatic rings. The summed E-state index contributed by atoms with van der Waals surface area (Å²) >= 11 is 0. The van der Waals surface area contributed by atoms with Crippen molar-refractivity contribution in [3.8, 4) is 11.5 Å². The Labute approximate surface area is 108 Å². The Balaban J connectivity index is 2.77. The maximum Gasteiger partial charge on any atom is 0.130 e. The maximum absolute atomic E-state index is 10.3. The molecule has 0 aromatic heterocycles. The van der Waals surface area contributed by atoms with Crippen molar-refractivity contribution in [2.75, 3.05) is 0 Å². The first kappa shape index (κ1) is 12.7. The first-order chi connectivity index (χ1) is 8.41. The second-order valence-electron chi connectivity index (χ2n) is 5.45. The monoisotopic (exact) mass is 244 g/mol. The average Bonchev–Trinajstić information content (AvgIpc) is 2.27. The number of phenolic OH excluding ortho intramolecular Hbond substituents is 2. The zero-order chi connectivity index (χ0) is 13.4. The Bertz CT molecular complexity index is 583. The third kappa shape index (κ3) is 2.03. The fourth-order valence-corrected chi connectivity index (χ4v) is 2.32. The van der Waals surface area contributed by atoms with E-state index in [0.29, 0.717) is 11.5 Å². The van der Waals surface area contributed by atoms with Gasteiger partial charge in [0.2, 0.25) is 0 Å². The Morgan fingerprint density at radius 3 is 2.11 bits per heavy atom. The van der Waals surface area contributed by atoms with Gasteiger partial charge in [-0.15, -0.1) is 0 Å². The van der Waals surface area contributed by atoms with Gasteiger partial charge in [0.25, 0.3) is 0 Å². The Morgan fingerprint density at radius 2 is 1.56 bits per heavy atom. The molecule has 0 aliphatic heterocycles. The lowest BCUT2D eigenvalue weighted by Crippen LogP contribution is -1.92. The minimum absolute atomic E-state index is 0.0945. The number of fused-ring (bicyclic) bond motifs is 1. The number of hydrogen-bond donors (Lipinski definition) is 2. The zero-order valence-electron chi connectivity index (χ0n) is 11.4. The van der Waals surface area contributed by atoms with Crippen molar-refractivity contribution in [3.05, 3.63) is 35.4 Å². The van der Waals surface area contributed by atoms with Gasteiger partial charge in [-0.1, -0.05) is 39.8 Å². The molecule has 0 bridgehead atoms. The van der Waals surface area contributed by atoms with Crippen molar-refractivity contribution >= 4 is 10.8 Å². The van der Waals surface area contributed by atoms with Crippen LogP contribution < -0.4 is 0 Å². The summed E-state index contributed by atoms with van der Waals surface area (Å²) in [7, 11) is 0. The summed E-state index contributed by atoms with van der Waals surface area (Å²) in [6.45, 7) is 8.18. The molecule has 0 aliphatic rings. The molecule has 0 amide bonds. The lowest BCUT2D eigenvalue weighted by molar-refractivity contribution is 0.438. The fraction of sp³-hybridized carbons (Fsp3) is 0.375. The fourth-order valence-electron chi connectivity index (χ4n) is 2.32. The molecule has 18 heavy (non-hydrogen) atoms. The van der Waals surface area contributed by atoms with E-state index in [1.165, 1.54) is 5.56 Å². The van der Waals surface area contributed by atoms with Gasteiger partial charge in [0.1, 0.15) is 11.5 Å². The summed E-state index contributed by atoms with van der Waals surface area (Å²) in [5, 5.41) is 22.0. The lowest BCUT2D eigenvalue weighted by atomic mass is 9.93. The molecule has 2 N–H and O–H groups in total. The van der Waals surface area contributed by atoms with Crippen LogP contribution in [0.2, 0.25) is 0 Å². The van der Waals surface area contributed by atoms with E-state index in [1.807, 2.05) is 32.0 Å². The van der Waals surface area contributed by atoms with Gasteiger partial charge in [-0.25, -0.2) is 0 Å². The van der Waals surface area contributed by atoms with Crippen LogP contribution in [-0.2, 0) is 0 Å². The van der Waals surface area contributed by atoms with Gasteiger partial charge in [0.05, 0.1) is 0 Å². The van der Waals surface area contributed by atoms with Crippen LogP contribution in [0.5, 0.6) is 11.5 Å². The van der Waals surface area contributed by atoms with Gasteiger partial charge in [0, 0.05) is 10.9 Å². The van der Waals surface area contributed by atoms with E-state index in [-0.39, 0.29) is 17.4 Å². The van der Waals surface area contributed by atoms with E-state index in [0.717, 1.165) is 10.8 Å². The van der Waals surface area contributed by atoms with Crippen molar-refractivity contribution in [2.45, 2.75) is 39.5 Å². The van der Waals surface area contributed by atoms with E-state index in [4.69, 9.17) is 0 Å². The van der Waals surface area contributed by atoms with Gasteiger partial charge >= 0.3 is 0 Å². The zero-order valence-corrected chi connectivity index (χ0v) is 11.4. The van der Waals surface area contributed by atoms with Crippen LogP contribution in [0.1, 0.15) is 50.7 Å². The predicted octanol–water partition coefficient (Wildman–Crippen LogP) is 4.50. The van der Waals surface area contributed by atoms with Crippen LogP contribution in [-0.4, -0.2) is 10.2 Å². The predicted molar refractivity (Wildman–Crippen MR) is 75.5 cm³/mol. The van der Waals surface area contributed by atoms with E-state index in [9.17, 15) is 10.2 Å². The minimum Gasteiger partial charge on any atom is -0.507 e. The van der Waals surface area contributed by atoms with Crippen molar-refractivity contribution < 1.29 is 10.2 Å². The van der Waals surface area contributed by atoms with E-state index < -0.39 is 0 Å². The molecule has 0 saturated heterocycles. The van der Waals surface area contributed by atoms with Crippen LogP contribution in [0.3, 0.4) is 0 Å². The summed E-state index contributed by atoms with van der Waals surface area (Å²) in [6, 6.07) is 7.74. The highest BCUT2D eigenvalue weighted by molar-refractivity contribution is 5.92. The van der Waals surface area contributed by atoms with E-state index in [1.54, 1.807) is 6.07 Å². The number of rotatable bonds is 2. The molecular weight excluding hydrogens is 224 g/mol. The normalized spacial score (nSPS) is 11.7. The Hall–Kier alpha value is -1.70. The molecular formula is C16H20O2. The van der Waals surface area contributed by atoms with Crippen molar-refractivity contribution in [1.82, 2.24) is 0 Å². The molecule has 0 heterocycles. The Kier molecular flexibility index (Phi) is 3.20. The maximum atomic E-state index is 10.3. The average molecular weight is 244 g/mol. The van der Waals surface area contributed by atoms with Crippen LogP contribution in [0.15, 0.2) is 24.3 Å². The lowest BCUT2D eigenvalue weighted by Gasteiger charge is -2.15. The molecule has 0 unspecified atom stereocenters. The van der Waals surface area contributed by atoms with Crippen molar-refractivity contribution in [3.63, 3.8) is 0 Å². The third-order valence-electron chi connectivity index (χ3n) is 3.40. The summed E-state index contributed by atoms with van der Waals surface area (Å²) in [5.41, 5.74) is 1.82. The van der Waals surface area contributed by atoms with Gasteiger partial charge in [0.15, 0.2) is 0 Å². The molecule has 2 heteroatoms. The first-order valence-corrected chi connectivity index (χ1v) is 6.40. The van der Waals surface area contributed by atoms with E-state index >= 15 is 0 Å². The molecule has 2 aromatic carbocycles. The van der Waals surface area contributed by atoms with Gasteiger partial charge in [-0.3, -0.25) is 0 Å². The SMILES string of the molecule is CC(C)c1ccc2cc(O)c(C(C)C)c(O)c2c1. The van der Waals surface area contributed by atoms with Crippen LogP contribution in [0.25, 0.3) is 10.8 Å². The largest absolute Gasteiger partial charge is 0.507 e. The van der Waals surface area contributed by atoms with E-state index in [2.05, 4.69) is 13.8 Å². The standard InChI is InChI=1S/C16H20O2/c1-9(2)11-5-6-12-8-14(17)15(10(3)4)16(18)13(12)7-11/h5-10,17-18H,1-4H3. The molecule has 96 valence electrons. The molecule has 2 rings (SSSR count). The highest BCUT2D eigenvalue weighted by Gasteiger charge is 2.15. The summed E-state index contributed by atoms with van der Waals surface area (Å²) < 4.78 is 0. The van der Waals surface area contributed by atoms with Gasteiger partial charge in [-0.05, 0) is 34.9 Å². The van der Waals surface area contributed by atoms with Crippen LogP contribution >= 0.6 is 0 Å². The Morgan fingerprint density at radius 1 is 0.889 bits per heavy atom. The second kappa shape index (κ2) is 4.52. The summed E-state index contributed by atoms with van der Waals surface area (Å²) in [6.07, 6.45) is 0. The molecule has 0 spiro atoms. The van der Waals surface area contributed by atoms with Crippen LogP contribution in [0.4, 0.5) is 0 Å². The number of benzene rings is 2. The number of phenols is 2. The van der Waals surface area contributed by atoms with Gasteiger partial charge < -0.3 is 10.2 Å². The van der Waals surface area contributed by atoms with Gasteiger partial charge in [-0.2, -0.15) is 0 Å². The third-order valence-corrected chi connectivity index (χ3v) is 3.40. The highest BCUT2D eigenvalue weighted by Crippen LogP contribution is 2.40. The quantitative estimate of drug-likeness (QED) is 0.816.